The number of carboxylic acids is 1. The third-order valence-corrected chi connectivity index (χ3v) is 3.92. The number of carboxylic acid groups (broad SMARTS) is 1. The highest BCUT2D eigenvalue weighted by Gasteiger charge is 2.24. The van der Waals surface area contributed by atoms with E-state index in [4.69, 9.17) is 9.84 Å². The minimum atomic E-state index is -0.844. The highest BCUT2D eigenvalue weighted by molar-refractivity contribution is 5.68. The predicted molar refractivity (Wildman–Crippen MR) is 99.3 cm³/mol. The van der Waals surface area contributed by atoms with Crippen LogP contribution in [-0.2, 0) is 22.7 Å². The van der Waals surface area contributed by atoms with Gasteiger partial charge in [-0.25, -0.2) is 4.79 Å². The molecule has 0 radical (unpaired) electrons. The minimum absolute atomic E-state index is 0.0546. The molecule has 0 aliphatic carbocycles. The van der Waals surface area contributed by atoms with Gasteiger partial charge in [0.25, 0.3) is 0 Å². The Morgan fingerprint density at radius 1 is 1.22 bits per heavy atom. The van der Waals surface area contributed by atoms with Crippen LogP contribution in [0.5, 0.6) is 5.75 Å². The van der Waals surface area contributed by atoms with Crippen LogP contribution in [0.3, 0.4) is 0 Å². The van der Waals surface area contributed by atoms with Crippen molar-refractivity contribution in [1.82, 2.24) is 9.88 Å². The first-order valence-electron chi connectivity index (χ1n) is 9.02. The molecular weight excluding hydrogens is 352 g/mol. The fourth-order valence-electron chi connectivity index (χ4n) is 2.50. The Morgan fingerprint density at radius 3 is 2.44 bits per heavy atom. The Morgan fingerprint density at radius 2 is 1.89 bits per heavy atom. The Bertz CT molecular complexity index is 654. The molecule has 0 bridgehead atoms. The molecule has 0 saturated carbocycles. The second kappa shape index (κ2) is 10.1. The molecule has 1 aromatic heterocycles. The van der Waals surface area contributed by atoms with Crippen molar-refractivity contribution >= 4 is 12.1 Å². The van der Waals surface area contributed by atoms with Gasteiger partial charge in [0, 0.05) is 30.3 Å². The zero-order valence-electron chi connectivity index (χ0n) is 16.5. The van der Waals surface area contributed by atoms with Crippen molar-refractivity contribution in [2.24, 2.45) is 0 Å². The number of pyridine rings is 1. The van der Waals surface area contributed by atoms with Crippen molar-refractivity contribution < 1.29 is 29.6 Å². The van der Waals surface area contributed by atoms with E-state index < -0.39 is 17.7 Å². The summed E-state index contributed by atoms with van der Waals surface area (Å²) in [5.74, 6) is -0.898. The maximum Gasteiger partial charge on any atom is 0.410 e. The number of carbonyl (C=O) groups is 2. The first-order valence-corrected chi connectivity index (χ1v) is 9.02. The largest absolute Gasteiger partial charge is 0.506 e. The van der Waals surface area contributed by atoms with Gasteiger partial charge in [0.2, 0.25) is 0 Å². The summed E-state index contributed by atoms with van der Waals surface area (Å²) in [5, 5.41) is 28.6. The van der Waals surface area contributed by atoms with Gasteiger partial charge in [-0.05, 0) is 40.5 Å². The van der Waals surface area contributed by atoms with E-state index in [0.29, 0.717) is 42.6 Å². The van der Waals surface area contributed by atoms with E-state index in [2.05, 4.69) is 4.98 Å². The lowest BCUT2D eigenvalue weighted by Gasteiger charge is -2.28. The molecule has 0 aliphatic heterocycles. The van der Waals surface area contributed by atoms with E-state index in [-0.39, 0.29) is 25.3 Å². The number of carbonyl (C=O) groups excluding carboxylic acids is 1. The van der Waals surface area contributed by atoms with Crippen molar-refractivity contribution in [3.8, 4) is 5.75 Å². The number of hydrogen-bond acceptors (Lipinski definition) is 6. The number of nitrogens with zero attached hydrogens (tertiary/aromatic N) is 2. The number of aliphatic hydroxyl groups is 1. The summed E-state index contributed by atoms with van der Waals surface area (Å²) >= 11 is 0. The van der Waals surface area contributed by atoms with Crippen molar-refractivity contribution in [3.63, 3.8) is 0 Å². The maximum atomic E-state index is 12.6. The summed E-state index contributed by atoms with van der Waals surface area (Å²) in [4.78, 5) is 28.7. The van der Waals surface area contributed by atoms with Crippen LogP contribution < -0.4 is 0 Å². The summed E-state index contributed by atoms with van der Waals surface area (Å²) in [6.45, 7) is 7.05. The Hall–Kier alpha value is -2.35. The van der Waals surface area contributed by atoms with Crippen LogP contribution >= 0.6 is 0 Å². The molecule has 27 heavy (non-hydrogen) atoms. The molecule has 0 spiro atoms. The normalized spacial score (nSPS) is 11.3. The van der Waals surface area contributed by atoms with Crippen molar-refractivity contribution in [2.45, 2.75) is 72.1 Å². The van der Waals surface area contributed by atoms with Gasteiger partial charge >= 0.3 is 12.1 Å². The quantitative estimate of drug-likeness (QED) is 0.562. The molecule has 8 heteroatoms. The average Bonchev–Trinajstić information content (AvgIpc) is 2.55. The smallest absolute Gasteiger partial charge is 0.410 e. The van der Waals surface area contributed by atoms with Crippen molar-refractivity contribution in [2.75, 3.05) is 6.54 Å². The minimum Gasteiger partial charge on any atom is -0.506 e. The molecule has 1 heterocycles. The number of aliphatic hydroxyl groups excluding tert-OH is 1. The standard InChI is InChI=1S/C19H30N2O6/c1-13-17(25)15(14(12-22)10-20-13)11-21(18(26)27-19(2,3)4)9-7-5-6-8-16(23)24/h10,22,25H,5-9,11-12H2,1-4H3,(H,23,24). The van der Waals surface area contributed by atoms with E-state index in [9.17, 15) is 19.8 Å². The highest BCUT2D eigenvalue weighted by Crippen LogP contribution is 2.26. The van der Waals surface area contributed by atoms with Gasteiger partial charge in [-0.3, -0.25) is 9.78 Å². The first kappa shape index (κ1) is 22.7. The van der Waals surface area contributed by atoms with Gasteiger partial charge < -0.3 is 25.0 Å². The van der Waals surface area contributed by atoms with Crippen LogP contribution in [0.15, 0.2) is 6.20 Å². The lowest BCUT2D eigenvalue weighted by atomic mass is 10.1. The monoisotopic (exact) mass is 382 g/mol. The molecule has 0 aromatic carbocycles. The van der Waals surface area contributed by atoms with Gasteiger partial charge in [0.15, 0.2) is 0 Å². The van der Waals surface area contributed by atoms with E-state index >= 15 is 0 Å². The topological polar surface area (TPSA) is 120 Å². The molecule has 8 nitrogen and oxygen atoms in total. The molecular formula is C19H30N2O6. The van der Waals surface area contributed by atoms with Crippen LogP contribution in [0.25, 0.3) is 0 Å². The van der Waals surface area contributed by atoms with E-state index in [0.717, 1.165) is 0 Å². The molecule has 1 rings (SSSR count). The van der Waals surface area contributed by atoms with Crippen LogP contribution in [0.2, 0.25) is 0 Å². The number of aromatic hydroxyl groups is 1. The highest BCUT2D eigenvalue weighted by atomic mass is 16.6. The van der Waals surface area contributed by atoms with Crippen LogP contribution in [0.1, 0.15) is 63.3 Å². The molecule has 0 aliphatic rings. The first-order chi connectivity index (χ1) is 12.5. The second-order valence-electron chi connectivity index (χ2n) is 7.46. The van der Waals surface area contributed by atoms with Crippen LogP contribution in [0, 0.1) is 6.92 Å². The molecule has 1 amide bonds. The van der Waals surface area contributed by atoms with Crippen molar-refractivity contribution in [3.05, 3.63) is 23.0 Å². The van der Waals surface area contributed by atoms with Gasteiger partial charge in [0.05, 0.1) is 18.8 Å². The average molecular weight is 382 g/mol. The van der Waals surface area contributed by atoms with Gasteiger partial charge in [-0.15, -0.1) is 0 Å². The molecule has 3 N–H and O–H groups in total. The molecule has 0 fully saturated rings. The Labute approximate surface area is 159 Å². The summed E-state index contributed by atoms with van der Waals surface area (Å²) in [7, 11) is 0. The Balaban J connectivity index is 2.92. The number of unbranched alkanes of at least 4 members (excludes halogenated alkanes) is 2. The molecule has 152 valence electrons. The van der Waals surface area contributed by atoms with Gasteiger partial charge in [-0.2, -0.15) is 0 Å². The van der Waals surface area contributed by atoms with E-state index in [1.54, 1.807) is 27.7 Å². The van der Waals surface area contributed by atoms with Crippen LogP contribution in [0.4, 0.5) is 4.79 Å². The fraction of sp³-hybridized carbons (Fsp3) is 0.632. The lowest BCUT2D eigenvalue weighted by Crippen LogP contribution is -2.37. The number of ether oxygens (including phenoxy) is 1. The summed E-state index contributed by atoms with van der Waals surface area (Å²) < 4.78 is 5.44. The third kappa shape index (κ3) is 7.82. The number of rotatable bonds is 9. The summed E-state index contributed by atoms with van der Waals surface area (Å²) in [6.07, 6.45) is 2.82. The molecule has 0 saturated heterocycles. The fourth-order valence-corrected chi connectivity index (χ4v) is 2.50. The Kier molecular flexibility index (Phi) is 8.49. The SMILES string of the molecule is Cc1ncc(CO)c(CN(CCCCCC(=O)O)C(=O)OC(C)(C)C)c1O. The van der Waals surface area contributed by atoms with Crippen molar-refractivity contribution in [1.29, 1.82) is 0 Å². The molecule has 0 unspecified atom stereocenters. The number of aliphatic carboxylic acids is 1. The van der Waals surface area contributed by atoms with Crippen LogP contribution in [-0.4, -0.2) is 49.4 Å². The predicted octanol–water partition coefficient (Wildman–Crippen LogP) is 2.97. The maximum absolute atomic E-state index is 12.6. The number of amides is 1. The number of aryl methyl sites for hydroxylation is 1. The third-order valence-electron chi connectivity index (χ3n) is 3.92. The van der Waals surface area contributed by atoms with Gasteiger partial charge in [0.1, 0.15) is 11.4 Å². The van der Waals surface area contributed by atoms with Gasteiger partial charge in [-0.1, -0.05) is 6.42 Å². The van der Waals surface area contributed by atoms with E-state index in [1.807, 2.05) is 0 Å². The lowest BCUT2D eigenvalue weighted by molar-refractivity contribution is -0.137. The zero-order chi connectivity index (χ0) is 20.6. The zero-order valence-corrected chi connectivity index (χ0v) is 16.5. The summed E-state index contributed by atoms with van der Waals surface area (Å²) in [6, 6.07) is 0. The number of hydrogen-bond donors (Lipinski definition) is 3. The number of aromatic nitrogens is 1. The van der Waals surface area contributed by atoms with E-state index in [1.165, 1.54) is 11.1 Å². The molecule has 0 atom stereocenters. The summed E-state index contributed by atoms with van der Waals surface area (Å²) in [5.41, 5.74) is 0.612. The molecule has 1 aromatic rings. The second-order valence-corrected chi connectivity index (χ2v) is 7.46.